The number of hydrogen-bond donors (Lipinski definition) is 0. The highest BCUT2D eigenvalue weighted by Gasteiger charge is 2.21. The number of benzene rings is 1. The minimum Gasteiger partial charge on any atom is -0.482 e. The first-order valence-corrected chi connectivity index (χ1v) is 7.73. The largest absolute Gasteiger partial charge is 0.482 e. The van der Waals surface area contributed by atoms with Crippen LogP contribution >= 0.6 is 0 Å². The van der Waals surface area contributed by atoms with E-state index in [0.29, 0.717) is 36.9 Å². The highest BCUT2D eigenvalue weighted by Crippen LogP contribution is 2.29. The lowest BCUT2D eigenvalue weighted by Gasteiger charge is -2.21. The second-order valence-corrected chi connectivity index (χ2v) is 5.40. The van der Waals surface area contributed by atoms with E-state index in [0.717, 1.165) is 12.8 Å². The molecule has 0 unspecified atom stereocenters. The molecule has 1 aromatic rings. The molecule has 1 aliphatic heterocycles. The Balaban J connectivity index is 2.05. The van der Waals surface area contributed by atoms with Gasteiger partial charge in [0, 0.05) is 18.8 Å². The summed E-state index contributed by atoms with van der Waals surface area (Å²) in [5, 5.41) is 11.3. The lowest BCUT2D eigenvalue weighted by molar-refractivity contribution is -0.385. The van der Waals surface area contributed by atoms with Crippen molar-refractivity contribution < 1.29 is 23.9 Å². The van der Waals surface area contributed by atoms with E-state index in [9.17, 15) is 14.9 Å². The molecule has 0 N–H and O–H groups in total. The van der Waals surface area contributed by atoms with E-state index in [1.165, 1.54) is 6.07 Å². The summed E-state index contributed by atoms with van der Waals surface area (Å²) in [5.74, 6) is 0.190. The van der Waals surface area contributed by atoms with Crippen LogP contribution in [0.2, 0.25) is 0 Å². The molecule has 0 atom stereocenters. The minimum atomic E-state index is -0.499. The van der Waals surface area contributed by atoms with Crippen molar-refractivity contribution >= 4 is 11.7 Å². The number of ether oxygens (including phenoxy) is 3. The van der Waals surface area contributed by atoms with E-state index in [-0.39, 0.29) is 18.9 Å². The molecule has 126 valence electrons. The molecule has 23 heavy (non-hydrogen) atoms. The first-order chi connectivity index (χ1) is 11.1. The first kappa shape index (κ1) is 17.2. The van der Waals surface area contributed by atoms with Gasteiger partial charge in [0.05, 0.1) is 17.6 Å². The van der Waals surface area contributed by atoms with E-state index in [1.54, 1.807) is 19.1 Å². The smallest absolute Gasteiger partial charge is 0.344 e. The number of nitro benzene ring substituents is 1. The Morgan fingerprint density at radius 3 is 2.78 bits per heavy atom. The molecule has 0 aliphatic carbocycles. The van der Waals surface area contributed by atoms with Gasteiger partial charge in [0.2, 0.25) is 0 Å². The number of nitrogens with zero attached hydrogens (tertiary/aromatic N) is 1. The molecule has 1 aliphatic rings. The molecule has 1 fully saturated rings. The molecule has 1 aromatic carbocycles. The third-order valence-electron chi connectivity index (χ3n) is 3.76. The maximum atomic E-state index is 11.3. The van der Waals surface area contributed by atoms with Crippen LogP contribution < -0.4 is 4.74 Å². The van der Waals surface area contributed by atoms with Gasteiger partial charge in [-0.05, 0) is 44.2 Å². The molecule has 0 amide bonds. The van der Waals surface area contributed by atoms with Crippen molar-refractivity contribution in [2.24, 2.45) is 5.92 Å². The molecular weight excluding hydrogens is 302 g/mol. The average Bonchev–Trinajstić information content (AvgIpc) is 2.55. The molecule has 7 heteroatoms. The molecule has 0 radical (unpaired) electrons. The molecule has 0 aromatic heterocycles. The predicted molar refractivity (Wildman–Crippen MR) is 82.5 cm³/mol. The van der Waals surface area contributed by atoms with Crippen LogP contribution in [0.5, 0.6) is 5.75 Å². The van der Waals surface area contributed by atoms with Gasteiger partial charge in [0.15, 0.2) is 6.61 Å². The Labute approximate surface area is 134 Å². The van der Waals surface area contributed by atoms with Gasteiger partial charge in [-0.1, -0.05) is 0 Å². The van der Waals surface area contributed by atoms with Crippen molar-refractivity contribution in [2.75, 3.05) is 26.4 Å². The topological polar surface area (TPSA) is 87.9 Å². The van der Waals surface area contributed by atoms with Gasteiger partial charge >= 0.3 is 5.97 Å². The van der Waals surface area contributed by atoms with Gasteiger partial charge in [-0.2, -0.15) is 0 Å². The van der Waals surface area contributed by atoms with Crippen LogP contribution in [0.4, 0.5) is 5.69 Å². The fourth-order valence-electron chi connectivity index (χ4n) is 2.58. The summed E-state index contributed by atoms with van der Waals surface area (Å²) in [6, 6.07) is 4.73. The summed E-state index contributed by atoms with van der Waals surface area (Å²) >= 11 is 0. The summed E-state index contributed by atoms with van der Waals surface area (Å²) in [7, 11) is 0. The van der Waals surface area contributed by atoms with Crippen LogP contribution in [0, 0.1) is 16.0 Å². The molecule has 1 saturated heterocycles. The summed E-state index contributed by atoms with van der Waals surface area (Å²) in [5.41, 5.74) is 0.711. The van der Waals surface area contributed by atoms with Crippen LogP contribution in [0.3, 0.4) is 0 Å². The van der Waals surface area contributed by atoms with Crippen LogP contribution in [-0.4, -0.2) is 37.3 Å². The Morgan fingerprint density at radius 2 is 2.13 bits per heavy atom. The number of carbonyl (C=O) groups excluding carboxylic acids is 1. The van der Waals surface area contributed by atoms with Gasteiger partial charge in [-0.3, -0.25) is 10.1 Å². The number of esters is 1. The molecule has 0 spiro atoms. The van der Waals surface area contributed by atoms with E-state index in [4.69, 9.17) is 14.2 Å². The van der Waals surface area contributed by atoms with E-state index in [2.05, 4.69) is 0 Å². The van der Waals surface area contributed by atoms with Crippen LogP contribution in [-0.2, 0) is 20.7 Å². The van der Waals surface area contributed by atoms with Gasteiger partial charge < -0.3 is 14.2 Å². The third-order valence-corrected chi connectivity index (χ3v) is 3.76. The molecule has 0 saturated carbocycles. The fourth-order valence-corrected chi connectivity index (χ4v) is 2.58. The van der Waals surface area contributed by atoms with Crippen molar-refractivity contribution in [1.82, 2.24) is 0 Å². The lowest BCUT2D eigenvalue weighted by atomic mass is 9.91. The summed E-state index contributed by atoms with van der Waals surface area (Å²) in [6.07, 6.45) is 2.48. The second kappa shape index (κ2) is 8.47. The number of rotatable bonds is 7. The first-order valence-electron chi connectivity index (χ1n) is 7.73. The highest BCUT2D eigenvalue weighted by atomic mass is 16.6. The fraction of sp³-hybridized carbons (Fsp3) is 0.562. The zero-order chi connectivity index (χ0) is 16.7. The average molecular weight is 323 g/mol. The predicted octanol–water partition coefficient (Wildman–Crippen LogP) is 2.51. The number of nitro groups is 1. The van der Waals surface area contributed by atoms with Gasteiger partial charge in [0.1, 0.15) is 5.75 Å². The maximum Gasteiger partial charge on any atom is 0.344 e. The van der Waals surface area contributed by atoms with E-state index in [1.807, 2.05) is 0 Å². The second-order valence-electron chi connectivity index (χ2n) is 5.40. The van der Waals surface area contributed by atoms with E-state index >= 15 is 0 Å². The van der Waals surface area contributed by atoms with Crippen molar-refractivity contribution in [3.05, 3.63) is 33.9 Å². The summed E-state index contributed by atoms with van der Waals surface area (Å²) in [6.45, 7) is 3.13. The summed E-state index contributed by atoms with van der Waals surface area (Å²) in [4.78, 5) is 22.2. The van der Waals surface area contributed by atoms with Crippen molar-refractivity contribution in [1.29, 1.82) is 0 Å². The Hall–Kier alpha value is -2.15. The third kappa shape index (κ3) is 5.21. The maximum absolute atomic E-state index is 11.3. The summed E-state index contributed by atoms with van der Waals surface area (Å²) < 4.78 is 15.3. The van der Waals surface area contributed by atoms with Crippen LogP contribution in [0.1, 0.15) is 25.3 Å². The molecule has 1 heterocycles. The number of hydrogen-bond acceptors (Lipinski definition) is 6. The SMILES string of the molecule is CCOC(=O)COc1ccc(CC2CCOCC2)c([N+](=O)[O-])c1. The Kier molecular flexibility index (Phi) is 6.34. The quantitative estimate of drug-likeness (QED) is 0.435. The standard InChI is InChI=1S/C16H21NO6/c1-2-22-16(18)11-23-14-4-3-13(15(10-14)17(19)20)9-12-5-7-21-8-6-12/h3-4,10,12H,2,5-9,11H2,1H3. The number of carbonyl (C=O) groups is 1. The van der Waals surface area contributed by atoms with Gasteiger partial charge in [0.25, 0.3) is 5.69 Å². The molecular formula is C16H21NO6. The van der Waals surface area contributed by atoms with E-state index < -0.39 is 10.9 Å². The van der Waals surface area contributed by atoms with Crippen LogP contribution in [0.15, 0.2) is 18.2 Å². The zero-order valence-corrected chi connectivity index (χ0v) is 13.2. The monoisotopic (exact) mass is 323 g/mol. The van der Waals surface area contributed by atoms with Crippen LogP contribution in [0.25, 0.3) is 0 Å². The Morgan fingerprint density at radius 1 is 1.39 bits per heavy atom. The lowest BCUT2D eigenvalue weighted by Crippen LogP contribution is -2.18. The minimum absolute atomic E-state index is 0.0258. The molecule has 2 rings (SSSR count). The normalized spacial score (nSPS) is 15.2. The van der Waals surface area contributed by atoms with Crippen molar-refractivity contribution in [2.45, 2.75) is 26.2 Å². The zero-order valence-electron chi connectivity index (χ0n) is 13.2. The Bertz CT molecular complexity index is 554. The van der Waals surface area contributed by atoms with Gasteiger partial charge in [-0.25, -0.2) is 4.79 Å². The van der Waals surface area contributed by atoms with Crippen molar-refractivity contribution in [3.63, 3.8) is 0 Å². The van der Waals surface area contributed by atoms with Crippen molar-refractivity contribution in [3.8, 4) is 5.75 Å². The molecule has 0 bridgehead atoms. The molecule has 7 nitrogen and oxygen atoms in total. The van der Waals surface area contributed by atoms with Gasteiger partial charge in [-0.15, -0.1) is 0 Å². The highest BCUT2D eigenvalue weighted by molar-refractivity contribution is 5.71.